The number of methoxy groups -OCH3 is 1. The van der Waals surface area contributed by atoms with Gasteiger partial charge in [0.2, 0.25) is 0 Å². The third-order valence-corrected chi connectivity index (χ3v) is 6.18. The van der Waals surface area contributed by atoms with Crippen LogP contribution in [0.3, 0.4) is 0 Å². The van der Waals surface area contributed by atoms with Crippen LogP contribution in [0.15, 0.2) is 30.3 Å². The molecule has 0 saturated heterocycles. The molecule has 1 aromatic heterocycles. The molecule has 0 spiro atoms. The van der Waals surface area contributed by atoms with Gasteiger partial charge in [-0.15, -0.1) is 11.3 Å². The molecule has 2 N–H and O–H groups in total. The van der Waals surface area contributed by atoms with Gasteiger partial charge in [-0.2, -0.15) is 0 Å². The van der Waals surface area contributed by atoms with Crippen LogP contribution in [-0.4, -0.2) is 31.5 Å². The lowest BCUT2D eigenvalue weighted by molar-refractivity contribution is -0.125. The summed E-state index contributed by atoms with van der Waals surface area (Å²) in [5, 5.41) is 0. The number of aryl methyl sites for hydroxylation is 1. The summed E-state index contributed by atoms with van der Waals surface area (Å²) in [6.45, 7) is 1.71. The summed E-state index contributed by atoms with van der Waals surface area (Å²) >= 11 is 1.44. The Labute approximate surface area is 173 Å². The van der Waals surface area contributed by atoms with Crippen LogP contribution in [0.5, 0.6) is 5.75 Å². The number of hydrogen-bond acceptors (Lipinski definition) is 6. The maximum absolute atomic E-state index is 12.2. The van der Waals surface area contributed by atoms with Crippen LogP contribution in [0.1, 0.15) is 50.2 Å². The third-order valence-electron chi connectivity index (χ3n) is 4.97. The van der Waals surface area contributed by atoms with E-state index in [1.165, 1.54) is 28.9 Å². The summed E-state index contributed by atoms with van der Waals surface area (Å²) < 4.78 is 10.1. The fourth-order valence-electron chi connectivity index (χ4n) is 3.23. The first-order valence-corrected chi connectivity index (χ1v) is 10.3. The highest BCUT2D eigenvalue weighted by atomic mass is 32.1. The van der Waals surface area contributed by atoms with Crippen molar-refractivity contribution in [2.24, 2.45) is 5.92 Å². The highest BCUT2D eigenvalue weighted by Crippen LogP contribution is 2.33. The summed E-state index contributed by atoms with van der Waals surface area (Å²) in [6.07, 6.45) is 4.27. The number of hydrogen-bond donors (Lipinski definition) is 2. The number of thiophene rings is 1. The SMILES string of the molecule is CC[C@@H]1CCc2sc(C(=O)OCC(=O)NNC(=O)c3ccc(OC)cc3)cc2C1. The lowest BCUT2D eigenvalue weighted by atomic mass is 9.87. The maximum atomic E-state index is 12.2. The second kappa shape index (κ2) is 9.56. The minimum absolute atomic E-state index is 0.359. The molecule has 0 bridgehead atoms. The molecule has 2 amide bonds. The fourth-order valence-corrected chi connectivity index (χ4v) is 4.33. The lowest BCUT2D eigenvalue weighted by Crippen LogP contribution is -2.43. The molecule has 1 heterocycles. The van der Waals surface area contributed by atoms with E-state index in [2.05, 4.69) is 17.8 Å². The molecule has 0 unspecified atom stereocenters. The van der Waals surface area contributed by atoms with Crippen molar-refractivity contribution in [2.75, 3.05) is 13.7 Å². The molecular weight excluding hydrogens is 392 g/mol. The van der Waals surface area contributed by atoms with Crippen LogP contribution in [0, 0.1) is 5.92 Å². The number of ether oxygens (including phenoxy) is 2. The molecule has 1 aromatic carbocycles. The van der Waals surface area contributed by atoms with E-state index in [4.69, 9.17) is 9.47 Å². The average Bonchev–Trinajstić information content (AvgIpc) is 3.19. The van der Waals surface area contributed by atoms with Crippen LogP contribution in [0.2, 0.25) is 0 Å². The Morgan fingerprint density at radius 2 is 1.93 bits per heavy atom. The summed E-state index contributed by atoms with van der Waals surface area (Å²) in [6, 6.07) is 8.31. The minimum atomic E-state index is -0.618. The van der Waals surface area contributed by atoms with E-state index in [9.17, 15) is 14.4 Å². The number of carbonyl (C=O) groups excluding carboxylic acids is 3. The van der Waals surface area contributed by atoms with Crippen LogP contribution in [0.25, 0.3) is 0 Å². The first kappa shape index (κ1) is 20.9. The van der Waals surface area contributed by atoms with Gasteiger partial charge in [0.25, 0.3) is 11.8 Å². The largest absolute Gasteiger partial charge is 0.497 e. The van der Waals surface area contributed by atoms with Crippen molar-refractivity contribution in [3.8, 4) is 5.75 Å². The molecule has 154 valence electrons. The van der Waals surface area contributed by atoms with Crippen molar-refractivity contribution >= 4 is 29.1 Å². The highest BCUT2D eigenvalue weighted by Gasteiger charge is 2.23. The standard InChI is InChI=1S/C21H24N2O5S/c1-3-13-4-9-17-15(10-13)11-18(29-17)21(26)28-12-19(24)22-23-20(25)14-5-7-16(27-2)8-6-14/h5-8,11,13H,3-4,9-10,12H2,1-2H3,(H,22,24)(H,23,25)/t13-/m1/s1. The van der Waals surface area contributed by atoms with Gasteiger partial charge in [0.05, 0.1) is 7.11 Å². The zero-order chi connectivity index (χ0) is 20.8. The van der Waals surface area contributed by atoms with Crippen LogP contribution in [0.4, 0.5) is 0 Å². The third kappa shape index (κ3) is 5.35. The predicted molar refractivity (Wildman–Crippen MR) is 109 cm³/mol. The Kier molecular flexibility index (Phi) is 6.87. The molecule has 0 radical (unpaired) electrons. The van der Waals surface area contributed by atoms with E-state index in [1.807, 2.05) is 6.07 Å². The van der Waals surface area contributed by atoms with E-state index in [-0.39, 0.29) is 0 Å². The van der Waals surface area contributed by atoms with Gasteiger partial charge in [-0.25, -0.2) is 4.79 Å². The van der Waals surface area contributed by atoms with E-state index < -0.39 is 24.4 Å². The second-order valence-corrected chi connectivity index (χ2v) is 8.02. The molecule has 3 rings (SSSR count). The minimum Gasteiger partial charge on any atom is -0.497 e. The number of fused-ring (bicyclic) bond motifs is 1. The van der Waals surface area contributed by atoms with Crippen molar-refractivity contribution in [2.45, 2.75) is 32.6 Å². The number of carbonyl (C=O) groups is 3. The van der Waals surface area contributed by atoms with Gasteiger partial charge < -0.3 is 9.47 Å². The summed E-state index contributed by atoms with van der Waals surface area (Å²) in [4.78, 5) is 37.9. The van der Waals surface area contributed by atoms with Crippen molar-refractivity contribution in [1.82, 2.24) is 10.9 Å². The van der Waals surface area contributed by atoms with Crippen LogP contribution >= 0.6 is 11.3 Å². The number of esters is 1. The molecule has 1 atom stereocenters. The van der Waals surface area contributed by atoms with E-state index >= 15 is 0 Å². The topological polar surface area (TPSA) is 93.7 Å². The van der Waals surface area contributed by atoms with E-state index in [1.54, 1.807) is 24.3 Å². The summed E-state index contributed by atoms with van der Waals surface area (Å²) in [5.41, 5.74) is 6.10. The van der Waals surface area contributed by atoms with Gasteiger partial charge in [0, 0.05) is 10.4 Å². The Morgan fingerprint density at radius 1 is 1.17 bits per heavy atom. The Morgan fingerprint density at radius 3 is 2.62 bits per heavy atom. The molecule has 7 nitrogen and oxygen atoms in total. The van der Waals surface area contributed by atoms with Gasteiger partial charge >= 0.3 is 5.97 Å². The van der Waals surface area contributed by atoms with Gasteiger partial charge in [0.1, 0.15) is 10.6 Å². The second-order valence-electron chi connectivity index (χ2n) is 6.88. The summed E-state index contributed by atoms with van der Waals surface area (Å²) in [5.74, 6) is -0.329. The number of benzene rings is 1. The van der Waals surface area contributed by atoms with Crippen LogP contribution < -0.4 is 15.6 Å². The number of amides is 2. The van der Waals surface area contributed by atoms with Crippen molar-refractivity contribution in [3.63, 3.8) is 0 Å². The van der Waals surface area contributed by atoms with Crippen molar-refractivity contribution < 1.29 is 23.9 Å². The molecule has 2 aromatic rings. The number of hydrazine groups is 1. The molecular formula is C21H24N2O5S. The van der Waals surface area contributed by atoms with Crippen molar-refractivity contribution in [3.05, 3.63) is 51.2 Å². The van der Waals surface area contributed by atoms with Gasteiger partial charge in [-0.05, 0) is 61.1 Å². The first-order valence-electron chi connectivity index (χ1n) is 9.52. The monoisotopic (exact) mass is 416 g/mol. The quantitative estimate of drug-likeness (QED) is 0.558. The van der Waals surface area contributed by atoms with Crippen LogP contribution in [-0.2, 0) is 22.4 Å². The summed E-state index contributed by atoms with van der Waals surface area (Å²) in [7, 11) is 1.53. The van der Waals surface area contributed by atoms with Gasteiger partial charge in [-0.1, -0.05) is 13.3 Å². The zero-order valence-corrected chi connectivity index (χ0v) is 17.3. The normalized spacial score (nSPS) is 15.2. The van der Waals surface area contributed by atoms with Gasteiger partial charge in [0.15, 0.2) is 6.61 Å². The highest BCUT2D eigenvalue weighted by molar-refractivity contribution is 7.14. The molecule has 29 heavy (non-hydrogen) atoms. The fraction of sp³-hybridized carbons (Fsp3) is 0.381. The predicted octanol–water partition coefficient (Wildman–Crippen LogP) is 2.89. The molecule has 0 fully saturated rings. The zero-order valence-electron chi connectivity index (χ0n) is 16.4. The Bertz CT molecular complexity index is 891. The van der Waals surface area contributed by atoms with Gasteiger partial charge in [-0.3, -0.25) is 20.4 Å². The number of nitrogens with one attached hydrogen (secondary N) is 2. The molecule has 0 saturated carbocycles. The Balaban J connectivity index is 1.45. The van der Waals surface area contributed by atoms with Crippen molar-refractivity contribution in [1.29, 1.82) is 0 Å². The van der Waals surface area contributed by atoms with E-state index in [0.29, 0.717) is 22.1 Å². The number of rotatable bonds is 6. The molecule has 0 aliphatic heterocycles. The first-order chi connectivity index (χ1) is 14.0. The molecule has 1 aliphatic rings. The Hall–Kier alpha value is -2.87. The smallest absolute Gasteiger partial charge is 0.348 e. The average molecular weight is 416 g/mol. The molecule has 8 heteroatoms. The lowest BCUT2D eigenvalue weighted by Gasteiger charge is -2.19. The maximum Gasteiger partial charge on any atom is 0.348 e. The molecule has 1 aliphatic carbocycles. The van der Waals surface area contributed by atoms with E-state index in [0.717, 1.165) is 25.7 Å².